The molecule has 142 valence electrons. The van der Waals surface area contributed by atoms with Crippen LogP contribution in [0.2, 0.25) is 0 Å². The quantitative estimate of drug-likeness (QED) is 0.377. The average Bonchev–Trinajstić information content (AvgIpc) is 3.15. The Morgan fingerprint density at radius 1 is 1.44 bits per heavy atom. The van der Waals surface area contributed by atoms with Crippen molar-refractivity contribution < 1.29 is 9.15 Å². The van der Waals surface area contributed by atoms with Gasteiger partial charge in [-0.15, -0.1) is 0 Å². The molecule has 1 aliphatic carbocycles. The molecule has 2 atom stereocenters. The fourth-order valence-corrected chi connectivity index (χ4v) is 3.92. The molecule has 0 spiro atoms. The molecule has 1 saturated carbocycles. The maximum absolute atomic E-state index is 5.40. The number of guanidine groups is 1. The number of hydrogen-bond donors (Lipinski definition) is 2. The lowest BCUT2D eigenvalue weighted by Crippen LogP contribution is -2.46. The van der Waals surface area contributed by atoms with E-state index in [1.54, 1.807) is 6.26 Å². The van der Waals surface area contributed by atoms with Gasteiger partial charge in [0.25, 0.3) is 0 Å². The van der Waals surface area contributed by atoms with Crippen LogP contribution in [0.15, 0.2) is 27.8 Å². The summed E-state index contributed by atoms with van der Waals surface area (Å²) < 4.78 is 10.8. The highest BCUT2D eigenvalue weighted by molar-refractivity contribution is 7.99. The van der Waals surface area contributed by atoms with Gasteiger partial charge in [0.15, 0.2) is 5.96 Å². The number of rotatable bonds is 10. The van der Waals surface area contributed by atoms with Gasteiger partial charge in [0, 0.05) is 44.0 Å². The molecule has 0 bridgehead atoms. The van der Waals surface area contributed by atoms with Gasteiger partial charge in [-0.05, 0) is 51.0 Å². The Morgan fingerprint density at radius 2 is 2.36 bits per heavy atom. The number of nitrogens with zero attached hydrogens (tertiary/aromatic N) is 1. The normalized spacial score (nSPS) is 21.3. The van der Waals surface area contributed by atoms with E-state index in [-0.39, 0.29) is 0 Å². The first-order valence-electron chi connectivity index (χ1n) is 9.49. The summed E-state index contributed by atoms with van der Waals surface area (Å²) >= 11 is 1.99. The lowest BCUT2D eigenvalue weighted by Gasteiger charge is -2.30. The SMILES string of the molecule is CCOCCCN=C(NCCc1ccco1)NC1CCCC(SC)C1. The molecule has 0 saturated heterocycles. The third kappa shape index (κ3) is 8.19. The van der Waals surface area contributed by atoms with Crippen molar-refractivity contribution in [2.75, 3.05) is 32.6 Å². The van der Waals surface area contributed by atoms with Crippen LogP contribution in [0.1, 0.15) is 44.8 Å². The Morgan fingerprint density at radius 3 is 3.12 bits per heavy atom. The molecule has 1 aliphatic rings. The molecule has 1 aromatic heterocycles. The van der Waals surface area contributed by atoms with Crippen LogP contribution < -0.4 is 10.6 Å². The van der Waals surface area contributed by atoms with Crippen molar-refractivity contribution in [1.29, 1.82) is 0 Å². The van der Waals surface area contributed by atoms with Gasteiger partial charge >= 0.3 is 0 Å². The summed E-state index contributed by atoms with van der Waals surface area (Å²) in [4.78, 5) is 4.74. The largest absolute Gasteiger partial charge is 0.469 e. The van der Waals surface area contributed by atoms with Crippen molar-refractivity contribution in [2.45, 2.75) is 56.7 Å². The van der Waals surface area contributed by atoms with E-state index >= 15 is 0 Å². The van der Waals surface area contributed by atoms with E-state index in [1.165, 1.54) is 25.7 Å². The molecule has 6 heteroatoms. The number of nitrogens with one attached hydrogen (secondary N) is 2. The minimum Gasteiger partial charge on any atom is -0.469 e. The Labute approximate surface area is 156 Å². The van der Waals surface area contributed by atoms with Crippen molar-refractivity contribution in [3.05, 3.63) is 24.2 Å². The molecule has 1 aromatic rings. The van der Waals surface area contributed by atoms with Crippen molar-refractivity contribution in [3.63, 3.8) is 0 Å². The summed E-state index contributed by atoms with van der Waals surface area (Å²) in [7, 11) is 0. The van der Waals surface area contributed by atoms with Crippen molar-refractivity contribution >= 4 is 17.7 Å². The summed E-state index contributed by atoms with van der Waals surface area (Å²) in [6.07, 6.45) is 10.9. The first kappa shape index (κ1) is 20.2. The van der Waals surface area contributed by atoms with E-state index < -0.39 is 0 Å². The maximum Gasteiger partial charge on any atom is 0.191 e. The number of ether oxygens (including phenoxy) is 1. The van der Waals surface area contributed by atoms with E-state index in [0.29, 0.717) is 6.04 Å². The van der Waals surface area contributed by atoms with E-state index in [1.807, 2.05) is 30.8 Å². The molecule has 1 fully saturated rings. The highest BCUT2D eigenvalue weighted by Crippen LogP contribution is 2.26. The smallest absolute Gasteiger partial charge is 0.191 e. The number of hydrogen-bond acceptors (Lipinski definition) is 4. The Bertz CT molecular complexity index is 479. The maximum atomic E-state index is 5.40. The second kappa shape index (κ2) is 12.3. The summed E-state index contributed by atoms with van der Waals surface area (Å²) in [5.41, 5.74) is 0. The lowest BCUT2D eigenvalue weighted by atomic mass is 9.95. The van der Waals surface area contributed by atoms with Crippen LogP contribution in [0.5, 0.6) is 0 Å². The van der Waals surface area contributed by atoms with E-state index in [4.69, 9.17) is 14.1 Å². The zero-order chi connectivity index (χ0) is 17.7. The van der Waals surface area contributed by atoms with Gasteiger partial charge in [-0.25, -0.2) is 0 Å². The van der Waals surface area contributed by atoms with Crippen LogP contribution in [-0.4, -0.2) is 49.8 Å². The molecular formula is C19H33N3O2S. The molecule has 1 heterocycles. The van der Waals surface area contributed by atoms with Crippen LogP contribution >= 0.6 is 11.8 Å². The first-order valence-corrected chi connectivity index (χ1v) is 10.8. The fraction of sp³-hybridized carbons (Fsp3) is 0.737. The van der Waals surface area contributed by atoms with Gasteiger partial charge in [-0.2, -0.15) is 11.8 Å². The zero-order valence-electron chi connectivity index (χ0n) is 15.6. The number of aliphatic imine (C=N–C) groups is 1. The molecule has 5 nitrogen and oxygen atoms in total. The molecule has 2 N–H and O–H groups in total. The predicted molar refractivity (Wildman–Crippen MR) is 107 cm³/mol. The monoisotopic (exact) mass is 367 g/mol. The van der Waals surface area contributed by atoms with Crippen LogP contribution in [-0.2, 0) is 11.2 Å². The zero-order valence-corrected chi connectivity index (χ0v) is 16.4. The summed E-state index contributed by atoms with van der Waals surface area (Å²) in [6.45, 7) is 5.18. The van der Waals surface area contributed by atoms with E-state index in [9.17, 15) is 0 Å². The van der Waals surface area contributed by atoms with Crippen molar-refractivity contribution in [2.24, 2.45) is 4.99 Å². The van der Waals surface area contributed by atoms with Gasteiger partial charge < -0.3 is 19.8 Å². The van der Waals surface area contributed by atoms with Crippen molar-refractivity contribution in [1.82, 2.24) is 10.6 Å². The van der Waals surface area contributed by atoms with Gasteiger partial charge in [-0.3, -0.25) is 4.99 Å². The Balaban J connectivity index is 1.80. The fourth-order valence-electron chi connectivity index (χ4n) is 3.10. The second-order valence-corrected chi connectivity index (χ2v) is 7.54. The highest BCUT2D eigenvalue weighted by Gasteiger charge is 2.21. The number of furan rings is 1. The molecule has 2 unspecified atom stereocenters. The summed E-state index contributed by atoms with van der Waals surface area (Å²) in [6, 6.07) is 4.46. The topological polar surface area (TPSA) is 58.8 Å². The molecule has 0 radical (unpaired) electrons. The second-order valence-electron chi connectivity index (χ2n) is 6.40. The first-order chi connectivity index (χ1) is 12.3. The van der Waals surface area contributed by atoms with E-state index in [2.05, 4.69) is 16.9 Å². The Kier molecular flexibility index (Phi) is 9.89. The minimum atomic E-state index is 0.521. The third-order valence-electron chi connectivity index (χ3n) is 4.47. The molecule has 0 amide bonds. The van der Waals surface area contributed by atoms with Gasteiger partial charge in [0.05, 0.1) is 6.26 Å². The standard InChI is InChI=1S/C19H33N3O2S/c1-3-23-13-6-11-20-19(21-12-10-17-8-5-14-24-17)22-16-7-4-9-18(15-16)25-2/h5,8,14,16,18H,3-4,6-7,9-13,15H2,1-2H3,(H2,20,21,22). The van der Waals surface area contributed by atoms with Crippen LogP contribution in [0.25, 0.3) is 0 Å². The summed E-state index contributed by atoms with van der Waals surface area (Å²) in [5, 5.41) is 7.88. The van der Waals surface area contributed by atoms with Crippen LogP contribution in [0, 0.1) is 0 Å². The number of thioether (sulfide) groups is 1. The predicted octanol–water partition coefficient (Wildman–Crippen LogP) is 3.46. The Hall–Kier alpha value is -1.14. The lowest BCUT2D eigenvalue weighted by molar-refractivity contribution is 0.146. The molecule has 2 rings (SSSR count). The minimum absolute atomic E-state index is 0.521. The molecule has 0 aliphatic heterocycles. The van der Waals surface area contributed by atoms with Crippen LogP contribution in [0.3, 0.4) is 0 Å². The van der Waals surface area contributed by atoms with E-state index in [0.717, 1.165) is 56.1 Å². The van der Waals surface area contributed by atoms with Gasteiger partial charge in [0.1, 0.15) is 5.76 Å². The van der Waals surface area contributed by atoms with Crippen molar-refractivity contribution in [3.8, 4) is 0 Å². The average molecular weight is 368 g/mol. The highest BCUT2D eigenvalue weighted by atomic mass is 32.2. The van der Waals surface area contributed by atoms with Gasteiger partial charge in [0.2, 0.25) is 0 Å². The summed E-state index contributed by atoms with van der Waals surface area (Å²) in [5.74, 6) is 1.93. The third-order valence-corrected chi connectivity index (χ3v) is 5.56. The molecule has 25 heavy (non-hydrogen) atoms. The molecular weight excluding hydrogens is 334 g/mol. The van der Waals surface area contributed by atoms with Crippen LogP contribution in [0.4, 0.5) is 0 Å². The molecule has 0 aromatic carbocycles. The van der Waals surface area contributed by atoms with Gasteiger partial charge in [-0.1, -0.05) is 6.42 Å².